The van der Waals surface area contributed by atoms with E-state index in [0.29, 0.717) is 11.0 Å². The van der Waals surface area contributed by atoms with E-state index in [4.69, 9.17) is 5.11 Å². The summed E-state index contributed by atoms with van der Waals surface area (Å²) in [7, 11) is 0. The number of benzene rings is 1. The van der Waals surface area contributed by atoms with Crippen LogP contribution in [0.2, 0.25) is 0 Å². The summed E-state index contributed by atoms with van der Waals surface area (Å²) < 4.78 is 1.81. The van der Waals surface area contributed by atoms with Gasteiger partial charge in [0.05, 0.1) is 5.75 Å². The van der Waals surface area contributed by atoms with Crippen LogP contribution in [0.15, 0.2) is 32.3 Å². The number of halogens is 2. The van der Waals surface area contributed by atoms with Gasteiger partial charge < -0.3 is 5.11 Å². The molecule has 1 heterocycles. The second kappa shape index (κ2) is 5.85. The molecule has 0 aliphatic carbocycles. The number of carbonyl (C=O) groups is 1. The van der Waals surface area contributed by atoms with Gasteiger partial charge >= 0.3 is 5.97 Å². The lowest BCUT2D eigenvalue weighted by Gasteiger charge is -2.00. The molecule has 2 N–H and O–H groups in total. The average Bonchev–Trinajstić information content (AvgIpc) is 2.78. The van der Waals surface area contributed by atoms with E-state index in [0.717, 1.165) is 26.3 Å². The Kier molecular flexibility index (Phi) is 4.41. The molecule has 18 heavy (non-hydrogen) atoms. The summed E-state index contributed by atoms with van der Waals surface area (Å²) in [5, 5.41) is 15.7. The van der Waals surface area contributed by atoms with Crippen molar-refractivity contribution in [2.45, 2.75) is 5.16 Å². The van der Waals surface area contributed by atoms with Gasteiger partial charge in [0.1, 0.15) is 0 Å². The van der Waals surface area contributed by atoms with E-state index in [1.807, 2.05) is 18.2 Å². The van der Waals surface area contributed by atoms with Crippen LogP contribution in [-0.4, -0.2) is 32.0 Å². The molecule has 1 aromatic heterocycles. The smallest absolute Gasteiger partial charge is 0.313 e. The third kappa shape index (κ3) is 3.33. The quantitative estimate of drug-likeness (QED) is 0.781. The highest BCUT2D eigenvalue weighted by atomic mass is 79.9. The molecular formula is C10H7Br2N3O2S. The fourth-order valence-corrected chi connectivity index (χ4v) is 2.55. The minimum atomic E-state index is -0.894. The number of aromatic amines is 1. The van der Waals surface area contributed by atoms with Crippen molar-refractivity contribution in [1.82, 2.24) is 15.2 Å². The second-order valence-corrected chi connectivity index (χ2v) is 5.99. The fourth-order valence-electron chi connectivity index (χ4n) is 1.24. The molecule has 0 bridgehead atoms. The first-order valence-corrected chi connectivity index (χ1v) is 7.36. The number of carboxylic acid groups (broad SMARTS) is 1. The standard InChI is InChI=1S/C10H7Br2N3O2S/c11-5-1-2-7(12)6(3-5)9-13-10(15-14-9)18-4-8(16)17/h1-3H,4H2,(H,16,17)(H,13,14,15). The van der Waals surface area contributed by atoms with Crippen molar-refractivity contribution in [2.75, 3.05) is 5.75 Å². The summed E-state index contributed by atoms with van der Waals surface area (Å²) in [4.78, 5) is 14.7. The third-order valence-electron chi connectivity index (χ3n) is 1.97. The Labute approximate surface area is 124 Å². The summed E-state index contributed by atoms with van der Waals surface area (Å²) in [6, 6.07) is 5.70. The van der Waals surface area contributed by atoms with Gasteiger partial charge in [-0.15, -0.1) is 5.10 Å². The van der Waals surface area contributed by atoms with E-state index in [2.05, 4.69) is 47.0 Å². The lowest BCUT2D eigenvalue weighted by molar-refractivity contribution is -0.133. The highest BCUT2D eigenvalue weighted by molar-refractivity contribution is 9.11. The number of H-pyrrole nitrogens is 1. The van der Waals surface area contributed by atoms with Crippen LogP contribution in [0.4, 0.5) is 0 Å². The topological polar surface area (TPSA) is 78.9 Å². The van der Waals surface area contributed by atoms with Crippen LogP contribution >= 0.6 is 43.6 Å². The van der Waals surface area contributed by atoms with Crippen LogP contribution in [0.5, 0.6) is 0 Å². The largest absolute Gasteiger partial charge is 0.481 e. The number of hydrogen-bond donors (Lipinski definition) is 2. The number of thioether (sulfide) groups is 1. The number of carboxylic acids is 1. The molecule has 0 saturated heterocycles. The predicted molar refractivity (Wildman–Crippen MR) is 75.6 cm³/mol. The maximum Gasteiger partial charge on any atom is 0.313 e. The summed E-state index contributed by atoms with van der Waals surface area (Å²) in [5.41, 5.74) is 0.860. The molecule has 0 amide bonds. The van der Waals surface area contributed by atoms with Crippen LogP contribution in [0.25, 0.3) is 11.4 Å². The van der Waals surface area contributed by atoms with Crippen LogP contribution in [-0.2, 0) is 4.79 Å². The number of hydrogen-bond acceptors (Lipinski definition) is 4. The van der Waals surface area contributed by atoms with Crippen molar-refractivity contribution in [3.8, 4) is 11.4 Å². The van der Waals surface area contributed by atoms with E-state index in [9.17, 15) is 4.79 Å². The molecule has 2 aromatic rings. The molecule has 0 fully saturated rings. The predicted octanol–water partition coefficient (Wildman–Crippen LogP) is 3.17. The molecule has 0 spiro atoms. The van der Waals surface area contributed by atoms with Gasteiger partial charge in [-0.2, -0.15) is 0 Å². The first-order valence-electron chi connectivity index (χ1n) is 4.78. The van der Waals surface area contributed by atoms with Crippen molar-refractivity contribution in [3.05, 3.63) is 27.1 Å². The monoisotopic (exact) mass is 391 g/mol. The van der Waals surface area contributed by atoms with Crippen molar-refractivity contribution < 1.29 is 9.90 Å². The molecular weight excluding hydrogens is 386 g/mol. The molecule has 0 aliphatic heterocycles. The first-order chi connectivity index (χ1) is 8.56. The Morgan fingerprint density at radius 3 is 2.94 bits per heavy atom. The molecule has 0 radical (unpaired) electrons. The zero-order chi connectivity index (χ0) is 13.1. The van der Waals surface area contributed by atoms with Crippen LogP contribution in [0.3, 0.4) is 0 Å². The number of rotatable bonds is 4. The van der Waals surface area contributed by atoms with Gasteiger partial charge in [0.15, 0.2) is 5.82 Å². The van der Waals surface area contributed by atoms with E-state index >= 15 is 0 Å². The Balaban J connectivity index is 2.23. The van der Waals surface area contributed by atoms with Crippen molar-refractivity contribution in [2.24, 2.45) is 0 Å². The van der Waals surface area contributed by atoms with E-state index < -0.39 is 5.97 Å². The number of aliphatic carboxylic acids is 1. The first kappa shape index (κ1) is 13.6. The van der Waals surface area contributed by atoms with E-state index in [-0.39, 0.29) is 5.75 Å². The summed E-state index contributed by atoms with van der Waals surface area (Å²) in [5.74, 6) is -0.359. The number of nitrogens with zero attached hydrogens (tertiary/aromatic N) is 2. The number of nitrogens with one attached hydrogen (secondary N) is 1. The normalized spacial score (nSPS) is 10.6. The van der Waals surface area contributed by atoms with Gasteiger partial charge in [-0.3, -0.25) is 9.89 Å². The molecule has 5 nitrogen and oxygen atoms in total. The van der Waals surface area contributed by atoms with E-state index in [1.54, 1.807) is 0 Å². The third-order valence-corrected chi connectivity index (χ3v) is 3.99. The molecule has 0 aliphatic rings. The van der Waals surface area contributed by atoms with Gasteiger partial charge in [-0.25, -0.2) is 4.98 Å². The Hall–Kier alpha value is -0.860. The van der Waals surface area contributed by atoms with Crippen molar-refractivity contribution >= 4 is 49.6 Å². The molecule has 1 aromatic carbocycles. The number of aromatic nitrogens is 3. The Morgan fingerprint density at radius 1 is 1.44 bits per heavy atom. The van der Waals surface area contributed by atoms with Gasteiger partial charge in [0, 0.05) is 14.5 Å². The van der Waals surface area contributed by atoms with Crippen molar-refractivity contribution in [3.63, 3.8) is 0 Å². The lowest BCUT2D eigenvalue weighted by Crippen LogP contribution is -1.97. The van der Waals surface area contributed by atoms with Gasteiger partial charge in [-0.1, -0.05) is 43.6 Å². The molecule has 8 heteroatoms. The fraction of sp³-hybridized carbons (Fsp3) is 0.100. The van der Waals surface area contributed by atoms with Crippen LogP contribution in [0.1, 0.15) is 0 Å². The molecule has 0 saturated carbocycles. The molecule has 0 atom stereocenters. The summed E-state index contributed by atoms with van der Waals surface area (Å²) >= 11 is 7.89. The Morgan fingerprint density at radius 2 is 2.22 bits per heavy atom. The molecule has 0 unspecified atom stereocenters. The van der Waals surface area contributed by atoms with Gasteiger partial charge in [0.25, 0.3) is 0 Å². The van der Waals surface area contributed by atoms with E-state index in [1.165, 1.54) is 0 Å². The van der Waals surface area contributed by atoms with Crippen LogP contribution < -0.4 is 0 Å². The van der Waals surface area contributed by atoms with Crippen molar-refractivity contribution in [1.29, 1.82) is 0 Å². The van der Waals surface area contributed by atoms with Crippen LogP contribution in [0, 0.1) is 0 Å². The zero-order valence-corrected chi connectivity index (χ0v) is 12.8. The highest BCUT2D eigenvalue weighted by Gasteiger charge is 2.11. The van der Waals surface area contributed by atoms with Gasteiger partial charge in [0.2, 0.25) is 5.16 Å². The lowest BCUT2D eigenvalue weighted by atomic mass is 10.2. The maximum atomic E-state index is 10.4. The summed E-state index contributed by atoms with van der Waals surface area (Å²) in [6.07, 6.45) is 0. The average molecular weight is 393 g/mol. The molecule has 94 valence electrons. The second-order valence-electron chi connectivity index (χ2n) is 3.27. The molecule has 2 rings (SSSR count). The maximum absolute atomic E-state index is 10.4. The minimum absolute atomic E-state index is 0.0586. The zero-order valence-electron chi connectivity index (χ0n) is 8.85. The summed E-state index contributed by atoms with van der Waals surface area (Å²) in [6.45, 7) is 0. The van der Waals surface area contributed by atoms with Gasteiger partial charge in [-0.05, 0) is 18.2 Å². The Bertz CT molecular complexity index is 588. The highest BCUT2D eigenvalue weighted by Crippen LogP contribution is 2.29. The SMILES string of the molecule is O=C(O)CSc1n[nH]c(-c2cc(Br)ccc2Br)n1. The minimum Gasteiger partial charge on any atom is -0.481 e.